The second-order valence-corrected chi connectivity index (χ2v) is 6.21. The largest absolute Gasteiger partial charge is 0.459 e. The molecule has 1 aromatic rings. The van der Waals surface area contributed by atoms with Gasteiger partial charge in [-0.15, -0.1) is 0 Å². The van der Waals surface area contributed by atoms with Crippen molar-refractivity contribution in [3.05, 3.63) is 22.5 Å². The SMILES string of the molecule is CCCCCNC(=O)COC(=O)c1[nH]c(C)c(C(=O)OC(C)C)c1C. The van der Waals surface area contributed by atoms with Gasteiger partial charge in [-0.3, -0.25) is 4.79 Å². The lowest BCUT2D eigenvalue weighted by Gasteiger charge is -2.08. The highest BCUT2D eigenvalue weighted by Crippen LogP contribution is 2.20. The van der Waals surface area contributed by atoms with Gasteiger partial charge in [-0.1, -0.05) is 19.8 Å². The van der Waals surface area contributed by atoms with Crippen LogP contribution in [0.15, 0.2) is 0 Å². The van der Waals surface area contributed by atoms with Gasteiger partial charge in [0.2, 0.25) is 0 Å². The zero-order valence-corrected chi connectivity index (χ0v) is 15.7. The van der Waals surface area contributed by atoms with Crippen LogP contribution in [-0.2, 0) is 14.3 Å². The number of aryl methyl sites for hydroxylation is 1. The fourth-order valence-corrected chi connectivity index (χ4v) is 2.39. The highest BCUT2D eigenvalue weighted by molar-refractivity contribution is 5.99. The Morgan fingerprint density at radius 3 is 2.40 bits per heavy atom. The van der Waals surface area contributed by atoms with Crippen LogP contribution >= 0.6 is 0 Å². The summed E-state index contributed by atoms with van der Waals surface area (Å²) in [4.78, 5) is 38.8. The summed E-state index contributed by atoms with van der Waals surface area (Å²) in [5, 5.41) is 2.69. The smallest absolute Gasteiger partial charge is 0.355 e. The maximum absolute atomic E-state index is 12.2. The summed E-state index contributed by atoms with van der Waals surface area (Å²) in [6, 6.07) is 0. The highest BCUT2D eigenvalue weighted by Gasteiger charge is 2.24. The van der Waals surface area contributed by atoms with Crippen LogP contribution in [0.3, 0.4) is 0 Å². The Morgan fingerprint density at radius 1 is 1.12 bits per heavy atom. The number of H-pyrrole nitrogens is 1. The van der Waals surface area contributed by atoms with Crippen molar-refractivity contribution in [3.63, 3.8) is 0 Å². The van der Waals surface area contributed by atoms with Gasteiger partial charge in [-0.25, -0.2) is 9.59 Å². The van der Waals surface area contributed by atoms with Gasteiger partial charge in [0.05, 0.1) is 11.7 Å². The van der Waals surface area contributed by atoms with Crippen LogP contribution < -0.4 is 5.32 Å². The van der Waals surface area contributed by atoms with Crippen molar-refractivity contribution in [2.75, 3.05) is 13.2 Å². The Hall–Kier alpha value is -2.31. The molecule has 0 radical (unpaired) electrons. The summed E-state index contributed by atoms with van der Waals surface area (Å²) in [6.07, 6.45) is 2.74. The van der Waals surface area contributed by atoms with E-state index >= 15 is 0 Å². The maximum Gasteiger partial charge on any atom is 0.355 e. The fourth-order valence-electron chi connectivity index (χ4n) is 2.39. The molecule has 2 N–H and O–H groups in total. The first-order valence-electron chi connectivity index (χ1n) is 8.61. The van der Waals surface area contributed by atoms with E-state index in [-0.39, 0.29) is 24.3 Å². The zero-order valence-electron chi connectivity index (χ0n) is 15.7. The van der Waals surface area contributed by atoms with E-state index in [9.17, 15) is 14.4 Å². The van der Waals surface area contributed by atoms with Gasteiger partial charge in [0, 0.05) is 12.2 Å². The van der Waals surface area contributed by atoms with Crippen molar-refractivity contribution in [2.24, 2.45) is 0 Å². The molecule has 0 spiro atoms. The summed E-state index contributed by atoms with van der Waals surface area (Å²) in [5.74, 6) is -1.51. The lowest BCUT2D eigenvalue weighted by molar-refractivity contribution is -0.124. The molecule has 25 heavy (non-hydrogen) atoms. The molecular weight excluding hydrogens is 324 g/mol. The van der Waals surface area contributed by atoms with Gasteiger partial charge >= 0.3 is 11.9 Å². The molecule has 1 aromatic heterocycles. The second kappa shape index (κ2) is 9.86. The maximum atomic E-state index is 12.2. The normalized spacial score (nSPS) is 10.6. The standard InChI is InChI=1S/C18H28N2O5/c1-6-7-8-9-19-14(21)10-24-18(23)16-12(4)15(13(5)20-16)17(22)25-11(2)3/h11,20H,6-10H2,1-5H3,(H,19,21). The number of nitrogens with one attached hydrogen (secondary N) is 2. The van der Waals surface area contributed by atoms with E-state index in [0.717, 1.165) is 19.3 Å². The number of rotatable bonds is 9. The van der Waals surface area contributed by atoms with Crippen LogP contribution in [0.5, 0.6) is 0 Å². The Bertz CT molecular complexity index is 619. The van der Waals surface area contributed by atoms with E-state index in [2.05, 4.69) is 17.2 Å². The Balaban J connectivity index is 2.64. The Labute approximate surface area is 148 Å². The lowest BCUT2D eigenvalue weighted by atomic mass is 10.1. The van der Waals surface area contributed by atoms with Gasteiger partial charge in [0.15, 0.2) is 6.61 Å². The number of aromatic nitrogens is 1. The van der Waals surface area contributed by atoms with Crippen LogP contribution in [-0.4, -0.2) is 42.1 Å². The molecule has 0 saturated carbocycles. The number of unbranched alkanes of at least 4 members (excludes halogenated alkanes) is 2. The minimum Gasteiger partial charge on any atom is -0.459 e. The third-order valence-electron chi connectivity index (χ3n) is 3.63. The van der Waals surface area contributed by atoms with Crippen LogP contribution in [0, 0.1) is 13.8 Å². The van der Waals surface area contributed by atoms with Crippen molar-refractivity contribution < 1.29 is 23.9 Å². The molecule has 7 heteroatoms. The van der Waals surface area contributed by atoms with Crippen LogP contribution in [0.25, 0.3) is 0 Å². The fraction of sp³-hybridized carbons (Fsp3) is 0.611. The monoisotopic (exact) mass is 352 g/mol. The van der Waals surface area contributed by atoms with E-state index in [1.165, 1.54) is 0 Å². The number of amides is 1. The Kier molecular flexibility index (Phi) is 8.18. The molecule has 1 rings (SSSR count). The molecule has 0 aliphatic carbocycles. The molecule has 0 atom stereocenters. The predicted octanol–water partition coefficient (Wildman–Crippen LogP) is 2.66. The number of hydrogen-bond acceptors (Lipinski definition) is 5. The molecule has 140 valence electrons. The minimum absolute atomic E-state index is 0.159. The average molecular weight is 352 g/mol. The summed E-state index contributed by atoms with van der Waals surface area (Å²) >= 11 is 0. The molecule has 7 nitrogen and oxygen atoms in total. The number of esters is 2. The highest BCUT2D eigenvalue weighted by atomic mass is 16.5. The van der Waals surface area contributed by atoms with Crippen molar-refractivity contribution in [3.8, 4) is 0 Å². The van der Waals surface area contributed by atoms with E-state index in [1.54, 1.807) is 27.7 Å². The van der Waals surface area contributed by atoms with Crippen molar-refractivity contribution >= 4 is 17.8 Å². The Morgan fingerprint density at radius 2 is 1.80 bits per heavy atom. The molecule has 0 bridgehead atoms. The second-order valence-electron chi connectivity index (χ2n) is 6.21. The van der Waals surface area contributed by atoms with Gasteiger partial charge in [-0.05, 0) is 39.7 Å². The van der Waals surface area contributed by atoms with E-state index in [1.807, 2.05) is 0 Å². The molecule has 0 aliphatic heterocycles. The molecule has 0 aliphatic rings. The third-order valence-corrected chi connectivity index (χ3v) is 3.63. The first-order chi connectivity index (χ1) is 11.8. The van der Waals surface area contributed by atoms with Crippen LogP contribution in [0.1, 0.15) is 72.1 Å². The van der Waals surface area contributed by atoms with Crippen molar-refractivity contribution in [1.82, 2.24) is 10.3 Å². The first kappa shape index (κ1) is 20.7. The molecule has 0 aromatic carbocycles. The van der Waals surface area contributed by atoms with Crippen molar-refractivity contribution in [2.45, 2.75) is 60.0 Å². The third kappa shape index (κ3) is 6.25. The summed E-state index contributed by atoms with van der Waals surface area (Å²) < 4.78 is 10.2. The van der Waals surface area contributed by atoms with Crippen molar-refractivity contribution in [1.29, 1.82) is 0 Å². The minimum atomic E-state index is -0.673. The number of aromatic amines is 1. The van der Waals surface area contributed by atoms with Gasteiger partial charge < -0.3 is 19.8 Å². The van der Waals surface area contributed by atoms with Gasteiger partial charge in [0.1, 0.15) is 5.69 Å². The predicted molar refractivity (Wildman–Crippen MR) is 93.6 cm³/mol. The van der Waals surface area contributed by atoms with E-state index in [0.29, 0.717) is 23.4 Å². The number of ether oxygens (including phenoxy) is 2. The van der Waals surface area contributed by atoms with E-state index in [4.69, 9.17) is 9.47 Å². The summed E-state index contributed by atoms with van der Waals surface area (Å²) in [5.41, 5.74) is 1.47. The zero-order chi connectivity index (χ0) is 19.0. The van der Waals surface area contributed by atoms with Gasteiger partial charge in [0.25, 0.3) is 5.91 Å². The first-order valence-corrected chi connectivity index (χ1v) is 8.61. The number of hydrogen-bond donors (Lipinski definition) is 2. The lowest BCUT2D eigenvalue weighted by Crippen LogP contribution is -2.29. The molecule has 0 saturated heterocycles. The summed E-state index contributed by atoms with van der Waals surface area (Å²) in [6.45, 7) is 9.12. The molecule has 0 unspecified atom stereocenters. The molecule has 0 fully saturated rings. The van der Waals surface area contributed by atoms with Gasteiger partial charge in [-0.2, -0.15) is 0 Å². The van der Waals surface area contributed by atoms with E-state index < -0.39 is 11.9 Å². The molecule has 1 heterocycles. The van der Waals surface area contributed by atoms with Crippen LogP contribution in [0.2, 0.25) is 0 Å². The molecular formula is C18H28N2O5. The number of carbonyl (C=O) groups is 3. The number of carbonyl (C=O) groups excluding carboxylic acids is 3. The van der Waals surface area contributed by atoms with Crippen LogP contribution in [0.4, 0.5) is 0 Å². The summed E-state index contributed by atoms with van der Waals surface area (Å²) in [7, 11) is 0. The molecule has 1 amide bonds. The topological polar surface area (TPSA) is 97.5 Å². The average Bonchev–Trinajstić information content (AvgIpc) is 2.83. The quantitative estimate of drug-likeness (QED) is 0.526.